The maximum atomic E-state index is 12.7. The second-order valence-electron chi connectivity index (χ2n) is 7.28. The van der Waals surface area contributed by atoms with E-state index in [2.05, 4.69) is 5.32 Å². The fourth-order valence-electron chi connectivity index (χ4n) is 3.72. The third-order valence-corrected chi connectivity index (χ3v) is 5.30. The van der Waals surface area contributed by atoms with E-state index in [1.165, 1.54) is 19.3 Å². The summed E-state index contributed by atoms with van der Waals surface area (Å²) >= 11 is 0. The van der Waals surface area contributed by atoms with Crippen molar-refractivity contribution in [1.82, 2.24) is 15.1 Å². The Balaban J connectivity index is 1.53. The van der Waals surface area contributed by atoms with Gasteiger partial charge in [0, 0.05) is 37.8 Å². The van der Waals surface area contributed by atoms with Crippen molar-refractivity contribution >= 4 is 11.9 Å². The van der Waals surface area contributed by atoms with E-state index in [1.54, 1.807) is 0 Å². The summed E-state index contributed by atoms with van der Waals surface area (Å²) in [7, 11) is 0. The van der Waals surface area contributed by atoms with E-state index in [1.807, 2.05) is 41.0 Å². The Morgan fingerprint density at radius 3 is 2.24 bits per heavy atom. The quantitative estimate of drug-likeness (QED) is 0.897. The standard InChI is InChI=1S/C20H29N3O2/c1-16-8-10-17(11-9-16)19(24)22-12-5-13-23(15-14-22)20(25)21-18-6-3-2-4-7-18/h8-11,18H,2-7,12-15H2,1H3,(H,21,25). The second kappa shape index (κ2) is 8.37. The summed E-state index contributed by atoms with van der Waals surface area (Å²) in [5.74, 6) is 0.0644. The van der Waals surface area contributed by atoms with Crippen LogP contribution >= 0.6 is 0 Å². The Labute approximate surface area is 150 Å². The predicted molar refractivity (Wildman–Crippen MR) is 98.7 cm³/mol. The minimum absolute atomic E-state index is 0.0385. The van der Waals surface area contributed by atoms with Gasteiger partial charge in [-0.05, 0) is 38.3 Å². The van der Waals surface area contributed by atoms with Crippen molar-refractivity contribution in [3.8, 4) is 0 Å². The zero-order chi connectivity index (χ0) is 17.6. The van der Waals surface area contributed by atoms with E-state index in [4.69, 9.17) is 0 Å². The van der Waals surface area contributed by atoms with E-state index in [0.717, 1.165) is 36.9 Å². The van der Waals surface area contributed by atoms with Crippen molar-refractivity contribution in [2.45, 2.75) is 51.5 Å². The molecule has 2 fully saturated rings. The first kappa shape index (κ1) is 17.8. The second-order valence-corrected chi connectivity index (χ2v) is 7.28. The van der Waals surface area contributed by atoms with Crippen LogP contribution in [0, 0.1) is 6.92 Å². The fourth-order valence-corrected chi connectivity index (χ4v) is 3.72. The fraction of sp³-hybridized carbons (Fsp3) is 0.600. The highest BCUT2D eigenvalue weighted by atomic mass is 16.2. The van der Waals surface area contributed by atoms with Gasteiger partial charge in [0.1, 0.15) is 0 Å². The largest absolute Gasteiger partial charge is 0.337 e. The maximum absolute atomic E-state index is 12.7. The summed E-state index contributed by atoms with van der Waals surface area (Å²) in [4.78, 5) is 28.9. The molecule has 1 aliphatic heterocycles. The molecule has 3 amide bonds. The first-order valence-electron chi connectivity index (χ1n) is 9.55. The van der Waals surface area contributed by atoms with Crippen LogP contribution in [0.1, 0.15) is 54.4 Å². The summed E-state index contributed by atoms with van der Waals surface area (Å²) < 4.78 is 0. The van der Waals surface area contributed by atoms with E-state index >= 15 is 0 Å². The lowest BCUT2D eigenvalue weighted by Gasteiger charge is -2.27. The number of nitrogens with one attached hydrogen (secondary N) is 1. The number of urea groups is 1. The molecule has 1 saturated carbocycles. The molecule has 1 N–H and O–H groups in total. The molecule has 1 aromatic carbocycles. The summed E-state index contributed by atoms with van der Waals surface area (Å²) in [6.45, 7) is 4.65. The smallest absolute Gasteiger partial charge is 0.317 e. The Bertz CT molecular complexity index is 593. The van der Waals surface area contributed by atoms with Crippen LogP contribution in [0.4, 0.5) is 4.79 Å². The van der Waals surface area contributed by atoms with Crippen molar-refractivity contribution in [2.75, 3.05) is 26.2 Å². The van der Waals surface area contributed by atoms with Gasteiger partial charge in [-0.15, -0.1) is 0 Å². The van der Waals surface area contributed by atoms with Crippen molar-refractivity contribution in [2.24, 2.45) is 0 Å². The minimum atomic E-state index is 0.0385. The van der Waals surface area contributed by atoms with Gasteiger partial charge in [-0.1, -0.05) is 37.0 Å². The van der Waals surface area contributed by atoms with Crippen LogP contribution < -0.4 is 5.32 Å². The summed E-state index contributed by atoms with van der Waals surface area (Å²) in [6.07, 6.45) is 6.73. The number of carbonyl (C=O) groups excluding carboxylic acids is 2. The van der Waals surface area contributed by atoms with Gasteiger partial charge < -0.3 is 15.1 Å². The first-order chi connectivity index (χ1) is 12.1. The summed E-state index contributed by atoms with van der Waals surface area (Å²) in [6, 6.07) is 8.07. The van der Waals surface area contributed by atoms with E-state index < -0.39 is 0 Å². The summed E-state index contributed by atoms with van der Waals surface area (Å²) in [5, 5.41) is 3.18. The zero-order valence-electron chi connectivity index (χ0n) is 15.2. The van der Waals surface area contributed by atoms with Gasteiger partial charge in [0.05, 0.1) is 0 Å². The van der Waals surface area contributed by atoms with Crippen LogP contribution in [-0.2, 0) is 0 Å². The molecule has 0 atom stereocenters. The lowest BCUT2D eigenvalue weighted by Crippen LogP contribution is -2.46. The van der Waals surface area contributed by atoms with Crippen molar-refractivity contribution in [1.29, 1.82) is 0 Å². The van der Waals surface area contributed by atoms with Gasteiger partial charge in [0.25, 0.3) is 5.91 Å². The summed E-state index contributed by atoms with van der Waals surface area (Å²) in [5.41, 5.74) is 1.88. The van der Waals surface area contributed by atoms with Crippen LogP contribution in [0.5, 0.6) is 0 Å². The van der Waals surface area contributed by atoms with E-state index in [-0.39, 0.29) is 11.9 Å². The molecule has 136 valence electrons. The molecule has 0 spiro atoms. The van der Waals surface area contributed by atoms with Gasteiger partial charge in [0.2, 0.25) is 0 Å². The number of amides is 3. The maximum Gasteiger partial charge on any atom is 0.317 e. The Kier molecular flexibility index (Phi) is 5.95. The topological polar surface area (TPSA) is 52.7 Å². The molecule has 3 rings (SSSR count). The monoisotopic (exact) mass is 343 g/mol. The van der Waals surface area contributed by atoms with Gasteiger partial charge in [0.15, 0.2) is 0 Å². The highest BCUT2D eigenvalue weighted by Crippen LogP contribution is 2.18. The Morgan fingerprint density at radius 1 is 0.880 bits per heavy atom. The van der Waals surface area contributed by atoms with Crippen molar-refractivity contribution in [3.63, 3.8) is 0 Å². The molecule has 0 unspecified atom stereocenters. The van der Waals surface area contributed by atoms with Crippen molar-refractivity contribution < 1.29 is 9.59 Å². The number of carbonyl (C=O) groups is 2. The SMILES string of the molecule is Cc1ccc(C(=O)N2CCCN(C(=O)NC3CCCCC3)CC2)cc1. The molecule has 1 aromatic rings. The number of nitrogens with zero attached hydrogens (tertiary/aromatic N) is 2. The van der Waals surface area contributed by atoms with Crippen LogP contribution in [0.3, 0.4) is 0 Å². The molecular formula is C20H29N3O2. The molecule has 0 bridgehead atoms. The lowest BCUT2D eigenvalue weighted by molar-refractivity contribution is 0.0762. The lowest BCUT2D eigenvalue weighted by atomic mass is 9.96. The molecule has 25 heavy (non-hydrogen) atoms. The average molecular weight is 343 g/mol. The van der Waals surface area contributed by atoms with Crippen LogP contribution in [0.15, 0.2) is 24.3 Å². The highest BCUT2D eigenvalue weighted by Gasteiger charge is 2.24. The predicted octanol–water partition coefficient (Wildman–Crippen LogP) is 3.19. The third-order valence-electron chi connectivity index (χ3n) is 5.30. The average Bonchev–Trinajstić information content (AvgIpc) is 2.89. The van der Waals surface area contributed by atoms with Crippen LogP contribution in [0.2, 0.25) is 0 Å². The Morgan fingerprint density at radius 2 is 1.52 bits per heavy atom. The molecule has 2 aliphatic rings. The molecule has 1 aliphatic carbocycles. The molecule has 5 heteroatoms. The van der Waals surface area contributed by atoms with Gasteiger partial charge >= 0.3 is 6.03 Å². The number of aryl methyl sites for hydroxylation is 1. The molecule has 0 aromatic heterocycles. The normalized spacial score (nSPS) is 19.4. The molecule has 1 heterocycles. The zero-order valence-corrected chi connectivity index (χ0v) is 15.2. The molecule has 5 nitrogen and oxygen atoms in total. The van der Waals surface area contributed by atoms with Gasteiger partial charge in [-0.3, -0.25) is 4.79 Å². The number of rotatable bonds is 2. The number of hydrogen-bond donors (Lipinski definition) is 1. The van der Waals surface area contributed by atoms with Gasteiger partial charge in [-0.25, -0.2) is 4.79 Å². The minimum Gasteiger partial charge on any atom is -0.337 e. The molecule has 0 radical (unpaired) electrons. The molecule has 1 saturated heterocycles. The number of benzene rings is 1. The van der Waals surface area contributed by atoms with E-state index in [9.17, 15) is 9.59 Å². The highest BCUT2D eigenvalue weighted by molar-refractivity contribution is 5.94. The van der Waals surface area contributed by atoms with Crippen LogP contribution in [-0.4, -0.2) is 54.0 Å². The van der Waals surface area contributed by atoms with Crippen LogP contribution in [0.25, 0.3) is 0 Å². The Hall–Kier alpha value is -2.04. The van der Waals surface area contributed by atoms with Gasteiger partial charge in [-0.2, -0.15) is 0 Å². The molecular weight excluding hydrogens is 314 g/mol. The van der Waals surface area contributed by atoms with Crippen molar-refractivity contribution in [3.05, 3.63) is 35.4 Å². The third kappa shape index (κ3) is 4.74. The number of hydrogen-bond acceptors (Lipinski definition) is 2. The van der Waals surface area contributed by atoms with E-state index in [0.29, 0.717) is 25.7 Å². The first-order valence-corrected chi connectivity index (χ1v) is 9.55.